The Labute approximate surface area is 174 Å². The summed E-state index contributed by atoms with van der Waals surface area (Å²) in [6.07, 6.45) is 2.80. The summed E-state index contributed by atoms with van der Waals surface area (Å²) in [6, 6.07) is 11.9. The number of sulfonamides is 2. The second kappa shape index (κ2) is 8.14. The van der Waals surface area contributed by atoms with Crippen molar-refractivity contribution in [2.24, 2.45) is 0 Å². The zero-order chi connectivity index (χ0) is 21.2. The maximum atomic E-state index is 12.9. The molecule has 1 aliphatic rings. The highest BCUT2D eigenvalue weighted by Crippen LogP contribution is 2.24. The number of nitrogens with zero attached hydrogens (tertiary/aromatic N) is 4. The van der Waals surface area contributed by atoms with Gasteiger partial charge in [0.05, 0.1) is 34.4 Å². The zero-order valence-electron chi connectivity index (χ0n) is 15.7. The summed E-state index contributed by atoms with van der Waals surface area (Å²) in [5.74, 6) is 0. The van der Waals surface area contributed by atoms with E-state index in [1.54, 1.807) is 24.3 Å². The monoisotopic (exact) mass is 449 g/mol. The van der Waals surface area contributed by atoms with E-state index in [1.807, 2.05) is 0 Å². The smallest absolute Gasteiger partial charge is 0.261 e. The Morgan fingerprint density at radius 2 is 1.57 bits per heavy atom. The maximum absolute atomic E-state index is 12.9. The Morgan fingerprint density at radius 1 is 0.900 bits per heavy atom. The molecule has 0 radical (unpaired) electrons. The van der Waals surface area contributed by atoms with Crippen LogP contribution in [-0.4, -0.2) is 62.2 Å². The van der Waals surface area contributed by atoms with Crippen molar-refractivity contribution in [2.75, 3.05) is 31.0 Å². The molecule has 0 bridgehead atoms. The predicted octanol–water partition coefficient (Wildman–Crippen LogP) is 1.09. The quantitative estimate of drug-likeness (QED) is 0.597. The fraction of sp³-hybridized carbons (Fsp3) is 0.222. The van der Waals surface area contributed by atoms with E-state index in [2.05, 4.69) is 14.8 Å². The van der Waals surface area contributed by atoms with Gasteiger partial charge < -0.3 is 4.74 Å². The molecule has 158 valence electrons. The van der Waals surface area contributed by atoms with Crippen LogP contribution < -0.4 is 4.72 Å². The van der Waals surface area contributed by atoms with Crippen LogP contribution in [0.15, 0.2) is 71.0 Å². The normalized spacial score (nSPS) is 15.7. The number of hydrogen-bond acceptors (Lipinski definition) is 7. The number of morpholine rings is 1. The van der Waals surface area contributed by atoms with Gasteiger partial charge in [0.1, 0.15) is 12.7 Å². The number of ether oxygens (including phenoxy) is 1. The van der Waals surface area contributed by atoms with Crippen molar-refractivity contribution in [3.63, 3.8) is 0 Å². The first kappa shape index (κ1) is 20.5. The minimum Gasteiger partial charge on any atom is -0.379 e. The largest absolute Gasteiger partial charge is 0.379 e. The van der Waals surface area contributed by atoms with Crippen LogP contribution in [-0.2, 0) is 24.8 Å². The number of rotatable bonds is 6. The lowest BCUT2D eigenvalue weighted by Crippen LogP contribution is -2.40. The summed E-state index contributed by atoms with van der Waals surface area (Å²) in [6.45, 7) is 1.20. The third-order valence-corrected chi connectivity index (χ3v) is 7.85. The lowest BCUT2D eigenvalue weighted by molar-refractivity contribution is 0.0730. The molecule has 0 unspecified atom stereocenters. The van der Waals surface area contributed by atoms with Crippen molar-refractivity contribution in [1.82, 2.24) is 19.1 Å². The highest BCUT2D eigenvalue weighted by molar-refractivity contribution is 7.92. The van der Waals surface area contributed by atoms with Crippen LogP contribution in [0.4, 0.5) is 5.69 Å². The molecule has 1 aliphatic heterocycles. The van der Waals surface area contributed by atoms with Gasteiger partial charge in [-0.05, 0) is 36.4 Å². The van der Waals surface area contributed by atoms with Gasteiger partial charge in [0, 0.05) is 13.1 Å². The van der Waals surface area contributed by atoms with E-state index in [1.165, 1.54) is 45.9 Å². The van der Waals surface area contributed by atoms with Crippen molar-refractivity contribution < 1.29 is 21.6 Å². The highest BCUT2D eigenvalue weighted by Gasteiger charge is 2.27. The Bertz CT molecular complexity index is 1220. The van der Waals surface area contributed by atoms with Gasteiger partial charge in [-0.3, -0.25) is 4.72 Å². The second-order valence-electron chi connectivity index (χ2n) is 6.45. The number of anilines is 1. The molecular weight excluding hydrogens is 430 g/mol. The molecule has 2 aromatic carbocycles. The average Bonchev–Trinajstić information content (AvgIpc) is 3.29. The summed E-state index contributed by atoms with van der Waals surface area (Å²) in [5, 5.41) is 4.02. The van der Waals surface area contributed by atoms with Crippen molar-refractivity contribution in [3.05, 3.63) is 61.2 Å². The SMILES string of the molecule is O=S(=O)(Nc1ccccc1-n1cncn1)c1ccc(S(=O)(=O)N2CCOCC2)cc1. The van der Waals surface area contributed by atoms with E-state index in [0.717, 1.165) is 0 Å². The van der Waals surface area contributed by atoms with E-state index in [0.29, 0.717) is 24.6 Å². The van der Waals surface area contributed by atoms with Crippen molar-refractivity contribution in [3.8, 4) is 5.69 Å². The number of aromatic nitrogens is 3. The maximum Gasteiger partial charge on any atom is 0.261 e. The first-order valence-electron chi connectivity index (χ1n) is 9.03. The van der Waals surface area contributed by atoms with Crippen molar-refractivity contribution >= 4 is 25.7 Å². The van der Waals surface area contributed by atoms with Crippen LogP contribution in [0, 0.1) is 0 Å². The minimum absolute atomic E-state index is 0.0337. The molecule has 30 heavy (non-hydrogen) atoms. The van der Waals surface area contributed by atoms with Gasteiger partial charge in [0.15, 0.2) is 0 Å². The van der Waals surface area contributed by atoms with Gasteiger partial charge in [-0.15, -0.1) is 0 Å². The lowest BCUT2D eigenvalue weighted by Gasteiger charge is -2.26. The van der Waals surface area contributed by atoms with E-state index >= 15 is 0 Å². The Kier molecular flexibility index (Phi) is 5.56. The van der Waals surface area contributed by atoms with Crippen LogP contribution in [0.3, 0.4) is 0 Å². The zero-order valence-corrected chi connectivity index (χ0v) is 17.4. The number of nitrogens with one attached hydrogen (secondary N) is 1. The van der Waals surface area contributed by atoms with Crippen LogP contribution in [0.25, 0.3) is 5.69 Å². The molecule has 10 nitrogen and oxygen atoms in total. The molecule has 1 fully saturated rings. The highest BCUT2D eigenvalue weighted by atomic mass is 32.2. The fourth-order valence-electron chi connectivity index (χ4n) is 3.02. The van der Waals surface area contributed by atoms with Crippen LogP contribution in [0.2, 0.25) is 0 Å². The van der Waals surface area contributed by atoms with Crippen molar-refractivity contribution in [2.45, 2.75) is 9.79 Å². The topological polar surface area (TPSA) is 123 Å². The Morgan fingerprint density at radius 3 is 2.23 bits per heavy atom. The van der Waals surface area contributed by atoms with Crippen LogP contribution in [0.1, 0.15) is 0 Å². The molecule has 3 aromatic rings. The van der Waals surface area contributed by atoms with Gasteiger partial charge in [0.2, 0.25) is 10.0 Å². The molecule has 4 rings (SSSR count). The lowest BCUT2D eigenvalue weighted by atomic mass is 10.3. The third kappa shape index (κ3) is 4.07. The van der Waals surface area contributed by atoms with Gasteiger partial charge in [-0.1, -0.05) is 12.1 Å². The summed E-state index contributed by atoms with van der Waals surface area (Å²) in [4.78, 5) is 3.85. The molecule has 12 heteroatoms. The average molecular weight is 450 g/mol. The summed E-state index contributed by atoms with van der Waals surface area (Å²) in [7, 11) is -7.65. The van der Waals surface area contributed by atoms with Crippen LogP contribution in [0.5, 0.6) is 0 Å². The molecule has 0 amide bonds. The fourth-order valence-corrected chi connectivity index (χ4v) is 5.51. The van der Waals surface area contributed by atoms with Crippen molar-refractivity contribution in [1.29, 1.82) is 0 Å². The number of hydrogen-bond donors (Lipinski definition) is 1. The minimum atomic E-state index is -3.95. The standard InChI is InChI=1S/C18H19N5O5S2/c24-29(25,21-17-3-1-2-4-18(17)23-14-19-13-20-23)15-5-7-16(8-6-15)30(26,27)22-9-11-28-12-10-22/h1-8,13-14,21H,9-12H2. The summed E-state index contributed by atoms with van der Waals surface area (Å²) >= 11 is 0. The number of benzene rings is 2. The van der Waals surface area contributed by atoms with Gasteiger partial charge in [-0.25, -0.2) is 26.5 Å². The Hall–Kier alpha value is -2.80. The Balaban J connectivity index is 1.59. The molecule has 0 aliphatic carbocycles. The van der Waals surface area contributed by atoms with E-state index in [4.69, 9.17) is 4.74 Å². The molecule has 0 spiro atoms. The molecule has 1 saturated heterocycles. The van der Waals surface area contributed by atoms with E-state index in [9.17, 15) is 16.8 Å². The molecule has 2 heterocycles. The molecule has 0 saturated carbocycles. The summed E-state index contributed by atoms with van der Waals surface area (Å²) in [5.41, 5.74) is 0.818. The van der Waals surface area contributed by atoms with E-state index in [-0.39, 0.29) is 22.9 Å². The summed E-state index contributed by atoms with van der Waals surface area (Å²) < 4.78 is 61.6. The predicted molar refractivity (Wildman–Crippen MR) is 108 cm³/mol. The first-order chi connectivity index (χ1) is 14.4. The second-order valence-corrected chi connectivity index (χ2v) is 10.1. The molecule has 1 aromatic heterocycles. The first-order valence-corrected chi connectivity index (χ1v) is 11.9. The third-order valence-electron chi connectivity index (χ3n) is 4.56. The van der Waals surface area contributed by atoms with Crippen LogP contribution >= 0.6 is 0 Å². The van der Waals surface area contributed by atoms with Gasteiger partial charge >= 0.3 is 0 Å². The van der Waals surface area contributed by atoms with E-state index < -0.39 is 20.0 Å². The molecular formula is C18H19N5O5S2. The molecule has 1 N–H and O–H groups in total. The molecule has 0 atom stereocenters. The van der Waals surface area contributed by atoms with Gasteiger partial charge in [-0.2, -0.15) is 9.40 Å². The van der Waals surface area contributed by atoms with Gasteiger partial charge in [0.25, 0.3) is 10.0 Å². The number of para-hydroxylation sites is 2.